The van der Waals surface area contributed by atoms with Crippen molar-refractivity contribution in [2.75, 3.05) is 5.32 Å². The van der Waals surface area contributed by atoms with Crippen molar-refractivity contribution in [3.05, 3.63) is 95.1 Å². The molecule has 0 saturated heterocycles. The highest BCUT2D eigenvalue weighted by Gasteiger charge is 2.09. The molecule has 164 valence electrons. The molecule has 0 atom stereocenters. The van der Waals surface area contributed by atoms with Crippen molar-refractivity contribution in [2.45, 2.75) is 40.5 Å². The topological polar surface area (TPSA) is 74.0 Å². The van der Waals surface area contributed by atoms with Gasteiger partial charge in [0.2, 0.25) is 0 Å². The Morgan fingerprint density at radius 2 is 1.66 bits per heavy atom. The molecule has 2 aromatic heterocycles. The highest BCUT2D eigenvalue weighted by Crippen LogP contribution is 2.23. The van der Waals surface area contributed by atoms with Gasteiger partial charge in [0.05, 0.1) is 24.6 Å². The number of nitrogens with zero attached hydrogens (tertiary/aromatic N) is 4. The zero-order valence-electron chi connectivity index (χ0n) is 18.6. The van der Waals surface area contributed by atoms with Gasteiger partial charge in [-0.2, -0.15) is 10.2 Å². The molecule has 2 heterocycles. The van der Waals surface area contributed by atoms with Gasteiger partial charge in [0, 0.05) is 30.1 Å². The van der Waals surface area contributed by atoms with Gasteiger partial charge in [0.25, 0.3) is 5.91 Å². The summed E-state index contributed by atoms with van der Waals surface area (Å²) in [7, 11) is 0. The van der Waals surface area contributed by atoms with Gasteiger partial charge < -0.3 is 10.1 Å². The van der Waals surface area contributed by atoms with Crippen LogP contribution in [0.2, 0.25) is 0 Å². The summed E-state index contributed by atoms with van der Waals surface area (Å²) in [6, 6.07) is 13.5. The minimum Gasteiger partial charge on any atom is -0.488 e. The molecule has 4 aromatic rings. The zero-order chi connectivity index (χ0) is 22.5. The monoisotopic (exact) mass is 429 g/mol. The molecule has 2 aromatic carbocycles. The fraction of sp³-hybridized carbons (Fsp3) is 0.240. The summed E-state index contributed by atoms with van der Waals surface area (Å²) < 4.78 is 9.64. The zero-order valence-corrected chi connectivity index (χ0v) is 18.6. The lowest BCUT2D eigenvalue weighted by Crippen LogP contribution is -2.11. The lowest BCUT2D eigenvalue weighted by molar-refractivity contribution is 0.102. The molecule has 7 heteroatoms. The SMILES string of the molecule is CCn1cc(Cn2cc(NC(=O)c3ccc(COc4c(C)cccc4C)cc3)cn2)cn1. The van der Waals surface area contributed by atoms with E-state index in [4.69, 9.17) is 4.74 Å². The van der Waals surface area contributed by atoms with Crippen molar-refractivity contribution < 1.29 is 9.53 Å². The largest absolute Gasteiger partial charge is 0.488 e. The van der Waals surface area contributed by atoms with Crippen molar-refractivity contribution in [3.63, 3.8) is 0 Å². The number of hydrogen-bond donors (Lipinski definition) is 1. The molecule has 32 heavy (non-hydrogen) atoms. The molecule has 0 saturated carbocycles. The van der Waals surface area contributed by atoms with Crippen LogP contribution in [0.15, 0.2) is 67.3 Å². The summed E-state index contributed by atoms with van der Waals surface area (Å²) in [5.74, 6) is 0.735. The fourth-order valence-electron chi connectivity index (χ4n) is 3.50. The van der Waals surface area contributed by atoms with Gasteiger partial charge in [-0.25, -0.2) is 0 Å². The minimum absolute atomic E-state index is 0.175. The van der Waals surface area contributed by atoms with E-state index in [1.165, 1.54) is 0 Å². The summed E-state index contributed by atoms with van der Waals surface area (Å²) in [5, 5.41) is 11.5. The van der Waals surface area contributed by atoms with E-state index < -0.39 is 0 Å². The van der Waals surface area contributed by atoms with Crippen LogP contribution >= 0.6 is 0 Å². The number of amides is 1. The Kier molecular flexibility index (Phi) is 6.35. The van der Waals surface area contributed by atoms with E-state index in [-0.39, 0.29) is 5.91 Å². The standard InChI is InChI=1S/C25H27N5O2/c1-4-29-14-21(12-26-29)15-30-16-23(13-27-30)28-25(31)22-10-8-20(9-11-22)17-32-24-18(2)6-5-7-19(24)3/h5-14,16H,4,15,17H2,1-3H3,(H,28,31). The number of anilines is 1. The van der Waals surface area contributed by atoms with Crippen molar-refractivity contribution in [2.24, 2.45) is 0 Å². The van der Waals surface area contributed by atoms with E-state index in [1.807, 2.05) is 86.5 Å². The van der Waals surface area contributed by atoms with Crippen molar-refractivity contribution in [3.8, 4) is 5.75 Å². The van der Waals surface area contributed by atoms with E-state index >= 15 is 0 Å². The maximum absolute atomic E-state index is 12.6. The van der Waals surface area contributed by atoms with Crippen LogP contribution in [0.25, 0.3) is 0 Å². The Morgan fingerprint density at radius 3 is 2.34 bits per heavy atom. The Bertz CT molecular complexity index is 1190. The quantitative estimate of drug-likeness (QED) is 0.444. The molecule has 0 aliphatic rings. The van der Waals surface area contributed by atoms with Gasteiger partial charge in [-0.15, -0.1) is 0 Å². The second kappa shape index (κ2) is 9.51. The summed E-state index contributed by atoms with van der Waals surface area (Å²) in [6.07, 6.45) is 7.28. The second-order valence-corrected chi connectivity index (χ2v) is 7.79. The third-order valence-corrected chi connectivity index (χ3v) is 5.25. The van der Waals surface area contributed by atoms with Crippen LogP contribution in [0.5, 0.6) is 5.75 Å². The second-order valence-electron chi connectivity index (χ2n) is 7.79. The average molecular weight is 430 g/mol. The first-order valence-corrected chi connectivity index (χ1v) is 10.6. The first-order valence-electron chi connectivity index (χ1n) is 10.6. The molecule has 1 amide bonds. The first-order chi connectivity index (χ1) is 15.5. The number of benzene rings is 2. The third-order valence-electron chi connectivity index (χ3n) is 5.25. The smallest absolute Gasteiger partial charge is 0.255 e. The number of carbonyl (C=O) groups is 1. The van der Waals surface area contributed by atoms with Gasteiger partial charge in [-0.05, 0) is 49.6 Å². The van der Waals surface area contributed by atoms with Crippen LogP contribution in [-0.2, 0) is 19.7 Å². The number of ether oxygens (including phenoxy) is 1. The Balaban J connectivity index is 1.33. The molecular formula is C25H27N5O2. The summed E-state index contributed by atoms with van der Waals surface area (Å²) in [5.41, 5.74) is 5.52. The van der Waals surface area contributed by atoms with E-state index in [1.54, 1.807) is 10.9 Å². The molecule has 4 rings (SSSR count). The molecule has 1 N–H and O–H groups in total. The number of aryl methyl sites for hydroxylation is 3. The molecule has 0 spiro atoms. The number of para-hydroxylation sites is 1. The molecule has 0 aliphatic carbocycles. The van der Waals surface area contributed by atoms with E-state index in [9.17, 15) is 4.79 Å². The van der Waals surface area contributed by atoms with E-state index in [0.29, 0.717) is 24.4 Å². The van der Waals surface area contributed by atoms with Crippen LogP contribution in [0.4, 0.5) is 5.69 Å². The molecule has 7 nitrogen and oxygen atoms in total. The van der Waals surface area contributed by atoms with Crippen LogP contribution in [0.1, 0.15) is 39.5 Å². The van der Waals surface area contributed by atoms with Crippen LogP contribution in [0, 0.1) is 13.8 Å². The van der Waals surface area contributed by atoms with Gasteiger partial charge >= 0.3 is 0 Å². The maximum Gasteiger partial charge on any atom is 0.255 e. The van der Waals surface area contributed by atoms with Crippen molar-refractivity contribution in [1.29, 1.82) is 0 Å². The summed E-state index contributed by atoms with van der Waals surface area (Å²) in [6.45, 7) is 8.01. The molecular weight excluding hydrogens is 402 g/mol. The highest BCUT2D eigenvalue weighted by molar-refractivity contribution is 6.04. The fourth-order valence-corrected chi connectivity index (χ4v) is 3.50. The third kappa shape index (κ3) is 5.06. The number of hydrogen-bond acceptors (Lipinski definition) is 4. The number of rotatable bonds is 8. The van der Waals surface area contributed by atoms with E-state index in [2.05, 4.69) is 15.5 Å². The Hall–Kier alpha value is -3.87. The number of nitrogens with one attached hydrogen (secondary N) is 1. The molecule has 0 aliphatic heterocycles. The van der Waals surface area contributed by atoms with Gasteiger partial charge in [-0.3, -0.25) is 14.2 Å². The lowest BCUT2D eigenvalue weighted by Gasteiger charge is -2.12. The average Bonchev–Trinajstić information content (AvgIpc) is 3.43. The van der Waals surface area contributed by atoms with Gasteiger partial charge in [0.1, 0.15) is 12.4 Å². The van der Waals surface area contributed by atoms with Crippen molar-refractivity contribution in [1.82, 2.24) is 19.6 Å². The Morgan fingerprint density at radius 1 is 0.938 bits per heavy atom. The number of carbonyl (C=O) groups excluding carboxylic acids is 1. The molecule has 0 bridgehead atoms. The normalized spacial score (nSPS) is 10.8. The van der Waals surface area contributed by atoms with E-state index in [0.717, 1.165) is 34.5 Å². The molecule has 0 radical (unpaired) electrons. The summed E-state index contributed by atoms with van der Waals surface area (Å²) in [4.78, 5) is 12.6. The van der Waals surface area contributed by atoms with Crippen LogP contribution < -0.4 is 10.1 Å². The summed E-state index contributed by atoms with van der Waals surface area (Å²) >= 11 is 0. The first kappa shape index (κ1) is 21.4. The molecule has 0 unspecified atom stereocenters. The van der Waals surface area contributed by atoms with Crippen molar-refractivity contribution >= 4 is 11.6 Å². The van der Waals surface area contributed by atoms with Crippen LogP contribution in [0.3, 0.4) is 0 Å². The number of aromatic nitrogens is 4. The Labute approximate surface area is 187 Å². The maximum atomic E-state index is 12.6. The predicted octanol–water partition coefficient (Wildman–Crippen LogP) is 4.60. The highest BCUT2D eigenvalue weighted by atomic mass is 16.5. The van der Waals surface area contributed by atoms with Gasteiger partial charge in [-0.1, -0.05) is 30.3 Å². The predicted molar refractivity (Wildman–Crippen MR) is 124 cm³/mol. The minimum atomic E-state index is -0.175. The molecule has 0 fully saturated rings. The van der Waals surface area contributed by atoms with Gasteiger partial charge in [0.15, 0.2) is 0 Å². The lowest BCUT2D eigenvalue weighted by atomic mass is 10.1. The van der Waals surface area contributed by atoms with Crippen LogP contribution in [-0.4, -0.2) is 25.5 Å².